The van der Waals surface area contributed by atoms with E-state index in [1.165, 1.54) is 6.92 Å². The molecule has 5 atom stereocenters. The molecule has 2 aromatic rings. The summed E-state index contributed by atoms with van der Waals surface area (Å²) in [6.45, 7) is 4.63. The summed E-state index contributed by atoms with van der Waals surface area (Å²) in [5.74, 6) is -2.78. The normalized spacial score (nSPS) is 25.8. The average Bonchev–Trinajstić information content (AvgIpc) is 2.93. The highest BCUT2D eigenvalue weighted by Gasteiger charge is 2.67. The lowest BCUT2D eigenvalue weighted by molar-refractivity contribution is -0.176. The summed E-state index contributed by atoms with van der Waals surface area (Å²) < 4.78 is 20.3. The van der Waals surface area contributed by atoms with Crippen molar-refractivity contribution in [3.63, 3.8) is 0 Å². The van der Waals surface area contributed by atoms with E-state index in [1.54, 1.807) is 36.0 Å². The number of nitrogens with zero attached hydrogens (tertiary/aromatic N) is 2. The molecule has 1 aromatic heterocycles. The van der Waals surface area contributed by atoms with Gasteiger partial charge in [0.25, 0.3) is 0 Å². The Kier molecular flexibility index (Phi) is 12.6. The molecule has 9 nitrogen and oxygen atoms in total. The fourth-order valence-corrected chi connectivity index (χ4v) is 7.46. The zero-order valence-corrected chi connectivity index (χ0v) is 26.0. The fraction of sp³-hybridized carbons (Fsp3) is 0.600. The highest BCUT2D eigenvalue weighted by molar-refractivity contribution is 7.99. The van der Waals surface area contributed by atoms with E-state index in [4.69, 9.17) is 22.1 Å². The van der Waals surface area contributed by atoms with Gasteiger partial charge in [-0.25, -0.2) is 14.4 Å². The van der Waals surface area contributed by atoms with E-state index in [0.29, 0.717) is 12.0 Å². The van der Waals surface area contributed by atoms with Gasteiger partial charge in [0.1, 0.15) is 6.67 Å². The molecule has 12 heteroatoms. The van der Waals surface area contributed by atoms with Crippen LogP contribution in [-0.4, -0.2) is 76.4 Å². The first-order valence-electron chi connectivity index (χ1n) is 14.3. The van der Waals surface area contributed by atoms with Crippen LogP contribution in [0.3, 0.4) is 0 Å². The van der Waals surface area contributed by atoms with E-state index in [-0.39, 0.29) is 31.2 Å². The molecule has 3 rings (SSSR count). The maximum absolute atomic E-state index is 14.6. The van der Waals surface area contributed by atoms with Crippen LogP contribution in [0.2, 0.25) is 5.02 Å². The Morgan fingerprint density at radius 2 is 1.76 bits per heavy atom. The number of rotatable bonds is 16. The summed E-state index contributed by atoms with van der Waals surface area (Å²) in [6.07, 6.45) is 3.12. The van der Waals surface area contributed by atoms with Crippen molar-refractivity contribution in [3.8, 4) is 0 Å². The van der Waals surface area contributed by atoms with E-state index in [9.17, 15) is 24.2 Å². The van der Waals surface area contributed by atoms with Crippen molar-refractivity contribution in [2.45, 2.75) is 76.0 Å². The highest BCUT2D eigenvalue weighted by Crippen LogP contribution is 2.58. The molecular weight excluding hydrogens is 583 g/mol. The van der Waals surface area contributed by atoms with Crippen molar-refractivity contribution in [2.24, 2.45) is 16.6 Å². The number of aliphatic carboxylic acids is 2. The minimum absolute atomic E-state index is 0.0663. The Hall–Kier alpha value is -2.31. The highest BCUT2D eigenvalue weighted by atomic mass is 35.5. The van der Waals surface area contributed by atoms with Crippen LogP contribution in [0.25, 0.3) is 0 Å². The summed E-state index contributed by atoms with van der Waals surface area (Å²) in [5.41, 5.74) is 4.36. The predicted molar refractivity (Wildman–Crippen MR) is 162 cm³/mol. The number of thioether (sulfide) groups is 1. The Bertz CT molecular complexity index is 1210. The van der Waals surface area contributed by atoms with E-state index in [0.717, 1.165) is 41.6 Å². The SMILES string of the molecule is Cc1cc(C)nc(SCCCCCCC2(C(=O)O)C(COCCN)NC(CF)C(C)(C(=O)O)C2c2ccccc2Cl)n1. The number of carboxylic acid groups (broad SMARTS) is 2. The average molecular weight is 625 g/mol. The van der Waals surface area contributed by atoms with E-state index in [2.05, 4.69) is 15.3 Å². The Labute approximate surface area is 256 Å². The third kappa shape index (κ3) is 7.42. The van der Waals surface area contributed by atoms with Gasteiger partial charge in [-0.15, -0.1) is 0 Å². The van der Waals surface area contributed by atoms with Crippen molar-refractivity contribution in [3.05, 3.63) is 52.3 Å². The number of carbonyl (C=O) groups is 2. The lowest BCUT2D eigenvalue weighted by Gasteiger charge is -2.57. The number of benzene rings is 1. The number of nitrogens with two attached hydrogens (primary N) is 1. The topological polar surface area (TPSA) is 148 Å². The van der Waals surface area contributed by atoms with Crippen LogP contribution in [0.4, 0.5) is 4.39 Å². The first-order chi connectivity index (χ1) is 20.0. The molecule has 0 bridgehead atoms. The molecule has 0 saturated carbocycles. The lowest BCUT2D eigenvalue weighted by Crippen LogP contribution is -2.72. The van der Waals surface area contributed by atoms with E-state index < -0.39 is 47.4 Å². The number of ether oxygens (including phenoxy) is 1. The summed E-state index contributed by atoms with van der Waals surface area (Å²) in [4.78, 5) is 35.3. The third-order valence-electron chi connectivity index (χ3n) is 8.32. The number of hydrogen-bond acceptors (Lipinski definition) is 8. The molecule has 2 heterocycles. The molecule has 1 saturated heterocycles. The van der Waals surface area contributed by atoms with Crippen molar-refractivity contribution in [1.29, 1.82) is 0 Å². The third-order valence-corrected chi connectivity index (χ3v) is 9.59. The van der Waals surface area contributed by atoms with Gasteiger partial charge in [-0.2, -0.15) is 0 Å². The minimum atomic E-state index is -1.81. The number of carboxylic acids is 2. The number of piperidine rings is 1. The number of halogens is 2. The van der Waals surface area contributed by atoms with Crippen LogP contribution in [0, 0.1) is 24.7 Å². The molecule has 1 fully saturated rings. The molecule has 0 radical (unpaired) electrons. The molecule has 1 aliphatic rings. The standard InChI is InChI=1S/C30H42ClFN4O5S/c1-19-16-20(2)35-28(34-19)42-15-9-5-4-8-12-30(27(39)40)24(18-41-14-13-33)36-23(17-32)29(3,26(37)38)25(30)21-10-6-7-11-22(21)31/h6-7,10-11,16,23-25,36H,4-5,8-9,12-15,17-18,33H2,1-3H3,(H,37,38)(H,39,40). The molecule has 1 aromatic carbocycles. The molecule has 0 amide bonds. The smallest absolute Gasteiger partial charge is 0.311 e. The fourth-order valence-electron chi connectivity index (χ4n) is 6.26. The molecule has 42 heavy (non-hydrogen) atoms. The summed E-state index contributed by atoms with van der Waals surface area (Å²) in [7, 11) is 0. The van der Waals surface area contributed by atoms with Gasteiger partial charge in [-0.1, -0.05) is 60.8 Å². The first kappa shape index (κ1) is 34.2. The van der Waals surface area contributed by atoms with Gasteiger partial charge in [-0.3, -0.25) is 9.59 Å². The van der Waals surface area contributed by atoms with Crippen LogP contribution >= 0.6 is 23.4 Å². The van der Waals surface area contributed by atoms with Crippen LogP contribution < -0.4 is 11.1 Å². The van der Waals surface area contributed by atoms with Crippen LogP contribution in [-0.2, 0) is 14.3 Å². The second-order valence-corrected chi connectivity index (χ2v) is 12.6. The molecule has 5 N–H and O–H groups in total. The maximum atomic E-state index is 14.6. The molecule has 1 aliphatic heterocycles. The number of hydrogen-bond donors (Lipinski definition) is 4. The van der Waals surface area contributed by atoms with Gasteiger partial charge in [0, 0.05) is 40.7 Å². The maximum Gasteiger partial charge on any atom is 0.311 e. The quantitative estimate of drug-likeness (QED) is 0.114. The van der Waals surface area contributed by atoms with Gasteiger partial charge in [0.2, 0.25) is 0 Å². The van der Waals surface area contributed by atoms with Crippen LogP contribution in [0.15, 0.2) is 35.5 Å². The monoisotopic (exact) mass is 624 g/mol. The van der Waals surface area contributed by atoms with Crippen molar-refractivity contribution >= 4 is 35.3 Å². The number of alkyl halides is 1. The van der Waals surface area contributed by atoms with Gasteiger partial charge in [-0.05, 0) is 51.3 Å². The number of aromatic nitrogens is 2. The largest absolute Gasteiger partial charge is 0.481 e. The number of nitrogens with one attached hydrogen (secondary N) is 1. The van der Waals surface area contributed by atoms with Gasteiger partial charge in [0.05, 0.1) is 30.1 Å². The second-order valence-electron chi connectivity index (χ2n) is 11.1. The summed E-state index contributed by atoms with van der Waals surface area (Å²) in [6, 6.07) is 6.53. The lowest BCUT2D eigenvalue weighted by atomic mass is 9.50. The first-order valence-corrected chi connectivity index (χ1v) is 15.6. The van der Waals surface area contributed by atoms with Crippen molar-refractivity contribution in [2.75, 3.05) is 32.2 Å². The zero-order valence-electron chi connectivity index (χ0n) is 24.4. The Morgan fingerprint density at radius 3 is 2.36 bits per heavy atom. The number of unbranched alkanes of at least 4 members (excludes halogenated alkanes) is 3. The summed E-state index contributed by atoms with van der Waals surface area (Å²) in [5, 5.41) is 25.5. The van der Waals surface area contributed by atoms with E-state index in [1.807, 2.05) is 19.9 Å². The van der Waals surface area contributed by atoms with Crippen LogP contribution in [0.1, 0.15) is 61.9 Å². The molecule has 232 valence electrons. The molecule has 0 spiro atoms. The van der Waals surface area contributed by atoms with Gasteiger partial charge >= 0.3 is 11.9 Å². The van der Waals surface area contributed by atoms with E-state index >= 15 is 0 Å². The zero-order chi connectivity index (χ0) is 30.9. The Balaban J connectivity index is 1.89. The van der Waals surface area contributed by atoms with Crippen molar-refractivity contribution < 1.29 is 28.9 Å². The van der Waals surface area contributed by atoms with Crippen LogP contribution in [0.5, 0.6) is 0 Å². The van der Waals surface area contributed by atoms with Crippen molar-refractivity contribution in [1.82, 2.24) is 15.3 Å². The predicted octanol–water partition coefficient (Wildman–Crippen LogP) is 5.02. The number of aryl methyl sites for hydroxylation is 2. The molecular formula is C30H42ClFN4O5S. The second kappa shape index (κ2) is 15.4. The van der Waals surface area contributed by atoms with Gasteiger partial charge < -0.3 is 26.0 Å². The Morgan fingerprint density at radius 1 is 1.10 bits per heavy atom. The molecule has 0 aliphatic carbocycles. The van der Waals surface area contributed by atoms with Gasteiger partial charge in [0.15, 0.2) is 5.16 Å². The molecule has 5 unspecified atom stereocenters. The summed E-state index contributed by atoms with van der Waals surface area (Å²) >= 11 is 8.20. The minimum Gasteiger partial charge on any atom is -0.481 e.